The molecule has 0 fully saturated rings. The smallest absolute Gasteiger partial charge is 0.420 e. The predicted molar refractivity (Wildman–Crippen MR) is 95.6 cm³/mol. The molecule has 0 saturated carbocycles. The van der Waals surface area contributed by atoms with Crippen LogP contribution in [0.3, 0.4) is 0 Å². The monoisotopic (exact) mass is 403 g/mol. The van der Waals surface area contributed by atoms with Gasteiger partial charge in [-0.05, 0) is 18.2 Å². The van der Waals surface area contributed by atoms with E-state index in [1.165, 1.54) is 10.7 Å². The molecular formula is C18H12F3N5O3. The minimum Gasteiger partial charge on any atom is -0.454 e. The fraction of sp³-hybridized carbons (Fsp3) is 0.111. The van der Waals surface area contributed by atoms with Crippen LogP contribution in [0.15, 0.2) is 55.2 Å². The van der Waals surface area contributed by atoms with Crippen molar-refractivity contribution in [3.05, 3.63) is 70.9 Å². The summed E-state index contributed by atoms with van der Waals surface area (Å²) in [6, 6.07) is 5.46. The first kappa shape index (κ1) is 18.5. The molecule has 0 aliphatic carbocycles. The largest absolute Gasteiger partial charge is 0.454 e. The van der Waals surface area contributed by atoms with Crippen LogP contribution in [-0.2, 0) is 13.2 Å². The number of aromatic nitrogens is 4. The summed E-state index contributed by atoms with van der Waals surface area (Å²) in [6.45, 7) is 0. The van der Waals surface area contributed by atoms with Crippen molar-refractivity contribution in [2.24, 2.45) is 7.05 Å². The number of pyridine rings is 1. The summed E-state index contributed by atoms with van der Waals surface area (Å²) in [5, 5.41) is 15.0. The Labute approximate surface area is 160 Å². The van der Waals surface area contributed by atoms with Gasteiger partial charge in [-0.25, -0.2) is 9.50 Å². The van der Waals surface area contributed by atoms with Crippen molar-refractivity contribution in [1.29, 1.82) is 0 Å². The Morgan fingerprint density at radius 2 is 1.93 bits per heavy atom. The van der Waals surface area contributed by atoms with Gasteiger partial charge in [-0.2, -0.15) is 18.3 Å². The van der Waals surface area contributed by atoms with Crippen LogP contribution in [0, 0.1) is 10.1 Å². The van der Waals surface area contributed by atoms with Crippen molar-refractivity contribution in [2.75, 3.05) is 0 Å². The number of halogens is 3. The third-order valence-corrected chi connectivity index (χ3v) is 4.17. The molecule has 11 heteroatoms. The molecule has 29 heavy (non-hydrogen) atoms. The third kappa shape index (κ3) is 3.49. The highest BCUT2D eigenvalue weighted by Gasteiger charge is 2.36. The number of hydrogen-bond acceptors (Lipinski definition) is 5. The number of alkyl halides is 3. The highest BCUT2D eigenvalue weighted by atomic mass is 19.4. The lowest BCUT2D eigenvalue weighted by Gasteiger charge is -2.15. The quantitative estimate of drug-likeness (QED) is 0.371. The fourth-order valence-electron chi connectivity index (χ4n) is 2.84. The Balaban J connectivity index is 1.84. The number of rotatable bonds is 4. The van der Waals surface area contributed by atoms with Gasteiger partial charge >= 0.3 is 6.18 Å². The molecule has 0 spiro atoms. The number of benzene rings is 1. The minimum absolute atomic E-state index is 0.102. The summed E-state index contributed by atoms with van der Waals surface area (Å²) in [6.07, 6.45) is 1.63. The third-order valence-electron chi connectivity index (χ3n) is 4.17. The molecule has 0 saturated heterocycles. The van der Waals surface area contributed by atoms with Crippen LogP contribution in [-0.4, -0.2) is 24.1 Å². The number of nitrogens with zero attached hydrogens (tertiary/aromatic N) is 5. The summed E-state index contributed by atoms with van der Waals surface area (Å²) in [5.74, 6) is -0.450. The Morgan fingerprint density at radius 3 is 2.59 bits per heavy atom. The molecule has 0 unspecified atom stereocenters. The molecule has 0 radical (unpaired) electrons. The van der Waals surface area contributed by atoms with Crippen LogP contribution < -0.4 is 4.74 Å². The van der Waals surface area contributed by atoms with E-state index in [-0.39, 0.29) is 5.75 Å². The minimum atomic E-state index is -4.84. The molecule has 0 aliphatic rings. The molecule has 0 N–H and O–H groups in total. The van der Waals surface area contributed by atoms with Crippen LogP contribution in [0.25, 0.3) is 16.8 Å². The van der Waals surface area contributed by atoms with Crippen LogP contribution in [0.5, 0.6) is 11.5 Å². The second-order valence-corrected chi connectivity index (χ2v) is 6.22. The van der Waals surface area contributed by atoms with Gasteiger partial charge in [0.05, 0.1) is 23.1 Å². The summed E-state index contributed by atoms with van der Waals surface area (Å²) in [5.41, 5.74) is -0.341. The van der Waals surface area contributed by atoms with E-state index in [0.29, 0.717) is 22.8 Å². The zero-order valence-electron chi connectivity index (χ0n) is 14.8. The van der Waals surface area contributed by atoms with Crippen molar-refractivity contribution < 1.29 is 22.8 Å². The second kappa shape index (κ2) is 6.62. The van der Waals surface area contributed by atoms with Gasteiger partial charge in [0.1, 0.15) is 16.8 Å². The molecule has 4 aromatic rings. The van der Waals surface area contributed by atoms with Crippen LogP contribution in [0.4, 0.5) is 18.9 Å². The Kier molecular flexibility index (Phi) is 4.22. The van der Waals surface area contributed by atoms with Crippen LogP contribution in [0.2, 0.25) is 0 Å². The van der Waals surface area contributed by atoms with Gasteiger partial charge in [-0.1, -0.05) is 0 Å². The van der Waals surface area contributed by atoms with E-state index in [1.807, 2.05) is 0 Å². The molecule has 3 aromatic heterocycles. The fourth-order valence-corrected chi connectivity index (χ4v) is 2.84. The highest BCUT2D eigenvalue weighted by molar-refractivity contribution is 5.69. The van der Waals surface area contributed by atoms with Crippen molar-refractivity contribution in [1.82, 2.24) is 19.2 Å². The standard InChI is InChI=1S/C18H12F3N5O3/c1-24-9-14(22-10-24)11-6-17(15-4-5-23-25(15)8-11)29-16-3-2-12(26(27)28)7-13(16)18(19,20)21/h2-10H,1H3. The van der Waals surface area contributed by atoms with Crippen LogP contribution >= 0.6 is 0 Å². The van der Waals surface area contributed by atoms with E-state index in [4.69, 9.17) is 4.74 Å². The lowest BCUT2D eigenvalue weighted by molar-refractivity contribution is -0.385. The Hall–Kier alpha value is -3.89. The molecule has 0 amide bonds. The zero-order chi connectivity index (χ0) is 20.8. The number of imidazole rings is 1. The Bertz CT molecular complexity index is 1230. The van der Waals surface area contributed by atoms with Crippen molar-refractivity contribution in [2.45, 2.75) is 6.18 Å². The van der Waals surface area contributed by atoms with E-state index < -0.39 is 28.1 Å². The van der Waals surface area contributed by atoms with E-state index in [1.54, 1.807) is 42.5 Å². The molecule has 0 atom stereocenters. The Morgan fingerprint density at radius 1 is 1.14 bits per heavy atom. The first-order valence-corrected chi connectivity index (χ1v) is 8.21. The SMILES string of the molecule is Cn1cnc(-c2cc(Oc3ccc([N+](=O)[O-])cc3C(F)(F)F)c3ccnn3c2)c1. The van der Waals surface area contributed by atoms with E-state index in [0.717, 1.165) is 12.1 Å². The number of non-ortho nitro benzene ring substituents is 1. The van der Waals surface area contributed by atoms with Gasteiger partial charge in [0.2, 0.25) is 0 Å². The maximum atomic E-state index is 13.5. The lowest BCUT2D eigenvalue weighted by atomic mass is 10.1. The van der Waals surface area contributed by atoms with Gasteiger partial charge in [0, 0.05) is 37.1 Å². The topological polar surface area (TPSA) is 87.5 Å². The number of nitro groups is 1. The molecule has 4 rings (SSSR count). The first-order valence-electron chi connectivity index (χ1n) is 8.21. The predicted octanol–water partition coefficient (Wildman–Crippen LogP) is 4.45. The first-order chi connectivity index (χ1) is 13.7. The molecule has 0 bridgehead atoms. The number of fused-ring (bicyclic) bond motifs is 1. The summed E-state index contributed by atoms with van der Waals surface area (Å²) < 4.78 is 49.1. The highest BCUT2D eigenvalue weighted by Crippen LogP contribution is 2.41. The van der Waals surface area contributed by atoms with Crippen molar-refractivity contribution >= 4 is 11.2 Å². The van der Waals surface area contributed by atoms with Gasteiger partial charge in [0.25, 0.3) is 5.69 Å². The molecule has 148 valence electrons. The van der Waals surface area contributed by atoms with Gasteiger partial charge in [0.15, 0.2) is 5.75 Å². The molecule has 0 aliphatic heterocycles. The maximum Gasteiger partial charge on any atom is 0.420 e. The van der Waals surface area contributed by atoms with Crippen molar-refractivity contribution in [3.63, 3.8) is 0 Å². The zero-order valence-corrected chi connectivity index (χ0v) is 14.8. The van der Waals surface area contributed by atoms with E-state index in [9.17, 15) is 23.3 Å². The van der Waals surface area contributed by atoms with Gasteiger partial charge in [-0.15, -0.1) is 0 Å². The number of hydrogen-bond donors (Lipinski definition) is 0. The molecule has 8 nitrogen and oxygen atoms in total. The van der Waals surface area contributed by atoms with Crippen LogP contribution in [0.1, 0.15) is 5.56 Å². The molecule has 3 heterocycles. The average Bonchev–Trinajstić information content (AvgIpc) is 3.29. The van der Waals surface area contributed by atoms with Crippen molar-refractivity contribution in [3.8, 4) is 22.8 Å². The van der Waals surface area contributed by atoms with Gasteiger partial charge in [-0.3, -0.25) is 10.1 Å². The molecular weight excluding hydrogens is 391 g/mol. The van der Waals surface area contributed by atoms with Gasteiger partial charge < -0.3 is 9.30 Å². The lowest BCUT2D eigenvalue weighted by Crippen LogP contribution is -2.08. The average molecular weight is 403 g/mol. The number of nitro benzene ring substituents is 1. The summed E-state index contributed by atoms with van der Waals surface area (Å²) in [7, 11) is 1.78. The summed E-state index contributed by atoms with van der Waals surface area (Å²) in [4.78, 5) is 14.2. The normalized spacial score (nSPS) is 11.7. The number of ether oxygens (including phenoxy) is 1. The number of aryl methyl sites for hydroxylation is 1. The second-order valence-electron chi connectivity index (χ2n) is 6.22. The van der Waals surface area contributed by atoms with E-state index in [2.05, 4.69) is 10.1 Å². The molecule has 1 aromatic carbocycles. The van der Waals surface area contributed by atoms with E-state index >= 15 is 0 Å². The maximum absolute atomic E-state index is 13.5. The summed E-state index contributed by atoms with van der Waals surface area (Å²) >= 11 is 0.